The zero-order valence-corrected chi connectivity index (χ0v) is 23.7. The molecule has 5 heteroatoms. The molecule has 0 heterocycles. The zero-order valence-electron chi connectivity index (χ0n) is 22.7. The molecular weight excluding hydrogens is 476 g/mol. The third kappa shape index (κ3) is 7.65. The molecule has 3 aromatic rings. The smallest absolute Gasteiger partial charge is 0.261 e. The van der Waals surface area contributed by atoms with Crippen molar-refractivity contribution in [3.63, 3.8) is 0 Å². The lowest BCUT2D eigenvalue weighted by atomic mass is 10.1. The summed E-state index contributed by atoms with van der Waals surface area (Å²) >= 11 is 0. The molecule has 0 saturated carbocycles. The molecule has 0 fully saturated rings. The van der Waals surface area contributed by atoms with Crippen LogP contribution in [-0.2, 0) is 15.8 Å². The molecule has 0 amide bonds. The van der Waals surface area contributed by atoms with Gasteiger partial charge in [-0.2, -0.15) is 0 Å². The molecule has 3 rings (SSSR count). The third-order valence-electron chi connectivity index (χ3n) is 6.79. The minimum Gasteiger partial charge on any atom is -0.497 e. The van der Waals surface area contributed by atoms with Crippen molar-refractivity contribution in [2.75, 3.05) is 13.7 Å². The summed E-state index contributed by atoms with van der Waals surface area (Å²) in [5.41, 5.74) is 1.07. The van der Waals surface area contributed by atoms with Gasteiger partial charge in [0.15, 0.2) is 0 Å². The number of aliphatic hydroxyl groups excluding tert-OH is 1. The van der Waals surface area contributed by atoms with Gasteiger partial charge in [0.05, 0.1) is 25.9 Å². The van der Waals surface area contributed by atoms with Crippen molar-refractivity contribution in [1.82, 2.24) is 0 Å². The number of hydrogen-bond donors (Lipinski definition) is 1. The van der Waals surface area contributed by atoms with Crippen molar-refractivity contribution in [3.05, 3.63) is 103 Å². The van der Waals surface area contributed by atoms with Crippen LogP contribution < -0.4 is 15.1 Å². The van der Waals surface area contributed by atoms with Gasteiger partial charge in [-0.15, -0.1) is 6.58 Å². The minimum atomic E-state index is -2.62. The first-order valence-electron chi connectivity index (χ1n) is 13.1. The molecule has 0 aliphatic rings. The lowest BCUT2D eigenvalue weighted by molar-refractivity contribution is -0.00670. The summed E-state index contributed by atoms with van der Waals surface area (Å²) < 4.78 is 18.7. The molecule has 0 saturated heterocycles. The minimum absolute atomic E-state index is 0.0858. The Hall–Kier alpha value is -2.70. The highest BCUT2D eigenvalue weighted by Crippen LogP contribution is 2.37. The van der Waals surface area contributed by atoms with Gasteiger partial charge < -0.3 is 19.0 Å². The maximum absolute atomic E-state index is 10.5. The topological polar surface area (TPSA) is 47.9 Å². The van der Waals surface area contributed by atoms with E-state index in [0.29, 0.717) is 32.5 Å². The second kappa shape index (κ2) is 13.7. The summed E-state index contributed by atoms with van der Waals surface area (Å²) in [6.07, 6.45) is 2.88. The molecule has 198 valence electrons. The zero-order chi connectivity index (χ0) is 26.7. The summed E-state index contributed by atoms with van der Waals surface area (Å²) in [6, 6.07) is 29.2. The fourth-order valence-electron chi connectivity index (χ4n) is 4.90. The average Bonchev–Trinajstić information content (AvgIpc) is 2.90. The van der Waals surface area contributed by atoms with E-state index >= 15 is 0 Å². The number of aliphatic hydroxyl groups is 1. The number of ether oxygens (including phenoxy) is 2. The predicted molar refractivity (Wildman–Crippen MR) is 155 cm³/mol. The summed E-state index contributed by atoms with van der Waals surface area (Å²) in [5, 5.41) is 13.0. The Morgan fingerprint density at radius 3 is 1.95 bits per heavy atom. The van der Waals surface area contributed by atoms with E-state index in [1.54, 1.807) is 13.2 Å². The largest absolute Gasteiger partial charge is 0.497 e. The summed E-state index contributed by atoms with van der Waals surface area (Å²) in [6.45, 7) is 11.6. The molecule has 0 spiro atoms. The molecule has 0 aliphatic carbocycles. The highest BCUT2D eigenvalue weighted by atomic mass is 28.4. The maximum atomic E-state index is 10.5. The van der Waals surface area contributed by atoms with E-state index in [2.05, 4.69) is 88.0 Å². The van der Waals surface area contributed by atoms with Crippen molar-refractivity contribution >= 4 is 18.7 Å². The van der Waals surface area contributed by atoms with Gasteiger partial charge in [0.25, 0.3) is 8.32 Å². The summed E-state index contributed by atoms with van der Waals surface area (Å²) in [4.78, 5) is 0. The molecule has 0 aromatic heterocycles. The first-order valence-corrected chi connectivity index (χ1v) is 15.0. The highest BCUT2D eigenvalue weighted by Gasteiger charge is 2.50. The van der Waals surface area contributed by atoms with Crippen LogP contribution in [0, 0.1) is 0 Å². The van der Waals surface area contributed by atoms with E-state index in [1.165, 1.54) is 10.4 Å². The van der Waals surface area contributed by atoms with Crippen molar-refractivity contribution < 1.29 is 19.0 Å². The van der Waals surface area contributed by atoms with Gasteiger partial charge in [0, 0.05) is 6.61 Å². The molecule has 4 nitrogen and oxygen atoms in total. The molecule has 0 bridgehead atoms. The van der Waals surface area contributed by atoms with Crippen LogP contribution in [-0.4, -0.2) is 39.3 Å². The Kier molecular flexibility index (Phi) is 10.7. The first kappa shape index (κ1) is 28.9. The molecule has 0 aliphatic heterocycles. The SMILES string of the molecule is C=CC[C@@H](O)C[C@@H](CCO[Si](c1ccccc1)(c1ccccc1)C(C)(C)C)OCc1ccc(OC)cc1. The Bertz CT molecular complexity index is 1020. The normalized spacial score (nSPS) is 13.6. The molecule has 0 radical (unpaired) electrons. The average molecular weight is 519 g/mol. The highest BCUT2D eigenvalue weighted by molar-refractivity contribution is 6.99. The number of hydrogen-bond acceptors (Lipinski definition) is 4. The lowest BCUT2D eigenvalue weighted by Gasteiger charge is -2.43. The number of methoxy groups -OCH3 is 1. The van der Waals surface area contributed by atoms with Crippen LogP contribution in [0.2, 0.25) is 5.04 Å². The fourth-order valence-corrected chi connectivity index (χ4v) is 9.48. The molecular formula is C32H42O4Si. The van der Waals surface area contributed by atoms with Gasteiger partial charge in [0.1, 0.15) is 5.75 Å². The Labute approximate surface area is 224 Å². The third-order valence-corrected chi connectivity index (χ3v) is 11.8. The lowest BCUT2D eigenvalue weighted by Crippen LogP contribution is -2.66. The van der Waals surface area contributed by atoms with Crippen LogP contribution >= 0.6 is 0 Å². The van der Waals surface area contributed by atoms with Crippen molar-refractivity contribution in [3.8, 4) is 5.75 Å². The van der Waals surface area contributed by atoms with Crippen molar-refractivity contribution in [1.29, 1.82) is 0 Å². The van der Waals surface area contributed by atoms with Crippen LogP contribution in [0.15, 0.2) is 97.6 Å². The van der Waals surface area contributed by atoms with Crippen LogP contribution in [0.25, 0.3) is 0 Å². The van der Waals surface area contributed by atoms with Crippen LogP contribution in [0.1, 0.15) is 45.6 Å². The number of benzene rings is 3. The fraction of sp³-hybridized carbons (Fsp3) is 0.375. The van der Waals surface area contributed by atoms with Crippen molar-refractivity contribution in [2.45, 2.75) is 63.9 Å². The Balaban J connectivity index is 1.81. The number of rotatable bonds is 14. The van der Waals surface area contributed by atoms with E-state index in [1.807, 2.05) is 24.3 Å². The Morgan fingerprint density at radius 2 is 1.46 bits per heavy atom. The van der Waals surface area contributed by atoms with E-state index in [-0.39, 0.29) is 11.1 Å². The van der Waals surface area contributed by atoms with Crippen LogP contribution in [0.3, 0.4) is 0 Å². The second-order valence-corrected chi connectivity index (χ2v) is 14.8. The van der Waals surface area contributed by atoms with Gasteiger partial charge in [-0.25, -0.2) is 0 Å². The molecule has 0 unspecified atom stereocenters. The summed E-state index contributed by atoms with van der Waals surface area (Å²) in [7, 11) is -0.956. The monoisotopic (exact) mass is 518 g/mol. The van der Waals surface area contributed by atoms with E-state index in [0.717, 1.165) is 11.3 Å². The van der Waals surface area contributed by atoms with E-state index in [9.17, 15) is 5.11 Å². The Morgan fingerprint density at radius 1 is 0.892 bits per heavy atom. The standard InChI is InChI=1S/C32H42O4Si/c1-6-13-27(33)24-29(35-25-26-18-20-28(34-5)21-19-26)22-23-36-37(32(2,3)4,30-14-9-7-10-15-30)31-16-11-8-12-17-31/h6-12,14-21,27,29,33H,1,13,22-25H2,2-5H3/t27-,29-/m1/s1. The molecule has 37 heavy (non-hydrogen) atoms. The molecule has 3 aromatic carbocycles. The molecule has 1 N–H and O–H groups in total. The van der Waals surface area contributed by atoms with Gasteiger partial charge >= 0.3 is 0 Å². The second-order valence-electron chi connectivity index (χ2n) is 10.5. The van der Waals surface area contributed by atoms with E-state index < -0.39 is 14.4 Å². The maximum Gasteiger partial charge on any atom is 0.261 e. The first-order chi connectivity index (χ1) is 17.8. The summed E-state index contributed by atoms with van der Waals surface area (Å²) in [5.74, 6) is 0.820. The van der Waals surface area contributed by atoms with Gasteiger partial charge in [-0.05, 0) is 52.4 Å². The predicted octanol–water partition coefficient (Wildman–Crippen LogP) is 5.87. The van der Waals surface area contributed by atoms with Gasteiger partial charge in [-0.1, -0.05) is 99.6 Å². The van der Waals surface area contributed by atoms with E-state index in [4.69, 9.17) is 13.9 Å². The van der Waals surface area contributed by atoms with Gasteiger partial charge in [0.2, 0.25) is 0 Å². The van der Waals surface area contributed by atoms with Crippen LogP contribution in [0.4, 0.5) is 0 Å². The van der Waals surface area contributed by atoms with Crippen molar-refractivity contribution in [2.24, 2.45) is 0 Å². The molecule has 2 atom stereocenters. The quantitative estimate of drug-likeness (QED) is 0.214. The van der Waals surface area contributed by atoms with Crippen LogP contribution in [0.5, 0.6) is 5.75 Å². The van der Waals surface area contributed by atoms with Gasteiger partial charge in [-0.3, -0.25) is 0 Å².